The molecule has 3 aliphatic rings. The highest BCUT2D eigenvalue weighted by Gasteiger charge is 2.61. The van der Waals surface area contributed by atoms with Crippen LogP contribution in [0.25, 0.3) is 0 Å². The van der Waals surface area contributed by atoms with Gasteiger partial charge in [-0.1, -0.05) is 45.1 Å². The molecule has 0 aromatic rings. The summed E-state index contributed by atoms with van der Waals surface area (Å²) < 4.78 is 6.87. The van der Waals surface area contributed by atoms with Gasteiger partial charge in [-0.3, -0.25) is 0 Å². The van der Waals surface area contributed by atoms with Crippen molar-refractivity contribution in [2.24, 2.45) is 16.7 Å². The van der Waals surface area contributed by atoms with E-state index in [0.717, 1.165) is 5.92 Å². The Labute approximate surface area is 119 Å². The van der Waals surface area contributed by atoms with Crippen LogP contribution in [0.1, 0.15) is 40.0 Å². The number of hydrogen-bond acceptors (Lipinski definition) is 1. The minimum atomic E-state index is -1.68. The van der Waals surface area contributed by atoms with Crippen LogP contribution in [0.4, 0.5) is 0 Å². The van der Waals surface area contributed by atoms with Crippen molar-refractivity contribution in [3.8, 4) is 0 Å². The lowest BCUT2D eigenvalue weighted by molar-refractivity contribution is -0.0214. The van der Waals surface area contributed by atoms with E-state index < -0.39 is 8.32 Å². The van der Waals surface area contributed by atoms with Gasteiger partial charge in [-0.25, -0.2) is 0 Å². The molecule has 2 bridgehead atoms. The maximum atomic E-state index is 6.87. The Kier molecular flexibility index (Phi) is 2.93. The maximum absolute atomic E-state index is 6.87. The predicted molar refractivity (Wildman–Crippen MR) is 83.6 cm³/mol. The van der Waals surface area contributed by atoms with E-state index in [1.807, 2.05) is 0 Å². The molecule has 3 aliphatic carbocycles. The van der Waals surface area contributed by atoms with Gasteiger partial charge < -0.3 is 4.43 Å². The second-order valence-electron chi connectivity index (χ2n) is 8.31. The standard InChI is InChI=1S/C17H28OSi/c1-16(2)13-10-11-17(3,12-13)15(16)18-19(4,5)14-8-6-7-9-14/h6-9,13-15H,10-12H2,1-5H3/t13-,15?,17+/m0/s1. The Morgan fingerprint density at radius 2 is 1.74 bits per heavy atom. The van der Waals surface area contributed by atoms with Crippen LogP contribution >= 0.6 is 0 Å². The molecule has 2 heteroatoms. The molecule has 0 radical (unpaired) electrons. The van der Waals surface area contributed by atoms with E-state index in [1.54, 1.807) is 0 Å². The third kappa shape index (κ3) is 1.99. The first kappa shape index (κ1) is 13.6. The first-order chi connectivity index (χ1) is 8.76. The average Bonchev–Trinajstić information content (AvgIpc) is 2.97. The van der Waals surface area contributed by atoms with Crippen LogP contribution in [-0.4, -0.2) is 14.4 Å². The van der Waals surface area contributed by atoms with Crippen LogP contribution in [0.5, 0.6) is 0 Å². The van der Waals surface area contributed by atoms with Crippen LogP contribution in [-0.2, 0) is 4.43 Å². The molecule has 2 saturated carbocycles. The van der Waals surface area contributed by atoms with Crippen LogP contribution in [0, 0.1) is 16.7 Å². The minimum Gasteiger partial charge on any atom is -0.412 e. The summed E-state index contributed by atoms with van der Waals surface area (Å²) >= 11 is 0. The van der Waals surface area contributed by atoms with Crippen LogP contribution < -0.4 is 0 Å². The van der Waals surface area contributed by atoms with Crippen molar-refractivity contribution in [2.75, 3.05) is 0 Å². The van der Waals surface area contributed by atoms with Crippen LogP contribution in [0.3, 0.4) is 0 Å². The van der Waals surface area contributed by atoms with Crippen molar-refractivity contribution in [2.45, 2.75) is 64.8 Å². The average molecular weight is 276 g/mol. The zero-order valence-corrected chi connectivity index (χ0v) is 14.1. The Morgan fingerprint density at radius 3 is 2.26 bits per heavy atom. The molecule has 1 nitrogen and oxygen atoms in total. The van der Waals surface area contributed by atoms with Crippen molar-refractivity contribution in [1.29, 1.82) is 0 Å². The molecule has 0 N–H and O–H groups in total. The van der Waals surface area contributed by atoms with Gasteiger partial charge in [0.05, 0.1) is 6.10 Å². The van der Waals surface area contributed by atoms with E-state index in [-0.39, 0.29) is 0 Å². The highest BCUT2D eigenvalue weighted by atomic mass is 28.4. The van der Waals surface area contributed by atoms with Gasteiger partial charge in [0, 0.05) is 5.54 Å². The van der Waals surface area contributed by atoms with Crippen LogP contribution in [0.2, 0.25) is 18.6 Å². The van der Waals surface area contributed by atoms with Crippen molar-refractivity contribution in [1.82, 2.24) is 0 Å². The first-order valence-electron chi connectivity index (χ1n) is 7.78. The van der Waals surface area contributed by atoms with Gasteiger partial charge in [0.25, 0.3) is 0 Å². The number of hydrogen-bond donors (Lipinski definition) is 0. The van der Waals surface area contributed by atoms with Gasteiger partial charge >= 0.3 is 0 Å². The topological polar surface area (TPSA) is 9.23 Å². The molecule has 19 heavy (non-hydrogen) atoms. The fourth-order valence-electron chi connectivity index (χ4n) is 4.83. The van der Waals surface area contributed by atoms with E-state index in [0.29, 0.717) is 22.5 Å². The van der Waals surface area contributed by atoms with Gasteiger partial charge in [0.2, 0.25) is 0 Å². The SMILES string of the molecule is CC1(C)C(O[Si](C)(C)C2C=CC=C2)[C@]2(C)CC[C@H]1C2. The summed E-state index contributed by atoms with van der Waals surface area (Å²) in [7, 11) is -1.68. The molecule has 2 fully saturated rings. The molecule has 0 aromatic heterocycles. The van der Waals surface area contributed by atoms with Crippen LogP contribution in [0.15, 0.2) is 24.3 Å². The van der Waals surface area contributed by atoms with Crippen molar-refractivity contribution < 1.29 is 4.43 Å². The summed E-state index contributed by atoms with van der Waals surface area (Å²) in [4.78, 5) is 0. The summed E-state index contributed by atoms with van der Waals surface area (Å²) in [5.41, 5.74) is 1.36. The Balaban J connectivity index is 1.82. The minimum absolute atomic E-state index is 0.364. The second-order valence-corrected chi connectivity index (χ2v) is 12.4. The summed E-state index contributed by atoms with van der Waals surface area (Å²) in [6.07, 6.45) is 13.6. The number of fused-ring (bicyclic) bond motifs is 2. The number of rotatable bonds is 3. The number of allylic oxidation sites excluding steroid dienone is 4. The monoisotopic (exact) mass is 276 g/mol. The summed E-state index contributed by atoms with van der Waals surface area (Å²) in [6, 6.07) is 0. The van der Waals surface area contributed by atoms with E-state index in [1.165, 1.54) is 19.3 Å². The van der Waals surface area contributed by atoms with E-state index in [9.17, 15) is 0 Å². The molecule has 3 rings (SSSR count). The normalized spacial score (nSPS) is 40.5. The van der Waals surface area contributed by atoms with Gasteiger partial charge in [-0.2, -0.15) is 0 Å². The molecule has 0 spiro atoms. The third-order valence-electron chi connectivity index (χ3n) is 6.11. The molecule has 0 heterocycles. The van der Waals surface area contributed by atoms with Gasteiger partial charge in [-0.15, -0.1) is 0 Å². The lowest BCUT2D eigenvalue weighted by Crippen LogP contribution is -2.50. The second kappa shape index (κ2) is 4.08. The van der Waals surface area contributed by atoms with Gasteiger partial charge in [0.1, 0.15) is 0 Å². The Morgan fingerprint density at radius 1 is 1.11 bits per heavy atom. The molecule has 0 saturated heterocycles. The summed E-state index contributed by atoms with van der Waals surface area (Å²) in [5, 5.41) is 0. The van der Waals surface area contributed by atoms with Crippen molar-refractivity contribution in [3.63, 3.8) is 0 Å². The van der Waals surface area contributed by atoms with E-state index in [2.05, 4.69) is 58.2 Å². The zero-order valence-electron chi connectivity index (χ0n) is 13.1. The molecule has 3 atom stereocenters. The van der Waals surface area contributed by atoms with Crippen molar-refractivity contribution >= 4 is 8.32 Å². The molecule has 0 aliphatic heterocycles. The fraction of sp³-hybridized carbons (Fsp3) is 0.765. The van der Waals surface area contributed by atoms with Gasteiger partial charge in [0.15, 0.2) is 8.32 Å². The first-order valence-corrected chi connectivity index (χ1v) is 10.8. The lowest BCUT2D eigenvalue weighted by Gasteiger charge is -2.47. The smallest absolute Gasteiger partial charge is 0.197 e. The molecule has 1 unspecified atom stereocenters. The largest absolute Gasteiger partial charge is 0.412 e. The van der Waals surface area contributed by atoms with E-state index in [4.69, 9.17) is 4.43 Å². The highest BCUT2D eigenvalue weighted by molar-refractivity contribution is 6.73. The van der Waals surface area contributed by atoms with Gasteiger partial charge in [-0.05, 0) is 49.1 Å². The Bertz CT molecular complexity index is 418. The zero-order chi connectivity index (χ0) is 13.9. The maximum Gasteiger partial charge on any atom is 0.197 e. The lowest BCUT2D eigenvalue weighted by atomic mass is 9.70. The van der Waals surface area contributed by atoms with Crippen molar-refractivity contribution in [3.05, 3.63) is 24.3 Å². The molecule has 106 valence electrons. The highest BCUT2D eigenvalue weighted by Crippen LogP contribution is 2.64. The summed E-state index contributed by atoms with van der Waals surface area (Å²) in [6.45, 7) is 12.1. The molecule has 0 amide bonds. The summed E-state index contributed by atoms with van der Waals surface area (Å²) in [5.74, 6) is 0.877. The molecular formula is C17H28OSi. The Hall–Kier alpha value is -0.343. The predicted octanol–water partition coefficient (Wildman–Crippen LogP) is 4.92. The molecular weight excluding hydrogens is 248 g/mol. The third-order valence-corrected chi connectivity index (χ3v) is 8.94. The quantitative estimate of drug-likeness (QED) is 0.665. The fourth-order valence-corrected chi connectivity index (χ4v) is 7.33. The molecule has 0 aromatic carbocycles. The van der Waals surface area contributed by atoms with E-state index >= 15 is 0 Å².